The number of rotatable bonds is 6. The van der Waals surface area contributed by atoms with Gasteiger partial charge in [-0.3, -0.25) is 0 Å². The van der Waals surface area contributed by atoms with Crippen LogP contribution in [-0.2, 0) is 6.54 Å². The predicted octanol–water partition coefficient (Wildman–Crippen LogP) is 3.67. The van der Waals surface area contributed by atoms with Gasteiger partial charge in [-0.1, -0.05) is 20.8 Å². The van der Waals surface area contributed by atoms with Crippen LogP contribution in [0, 0.1) is 11.7 Å². The molecule has 0 aliphatic carbocycles. The summed E-state index contributed by atoms with van der Waals surface area (Å²) in [5.74, 6) is 1.59. The summed E-state index contributed by atoms with van der Waals surface area (Å²) in [4.78, 5) is 4.71. The van der Waals surface area contributed by atoms with E-state index in [1.807, 2.05) is 0 Å². The van der Waals surface area contributed by atoms with Crippen molar-refractivity contribution in [1.29, 1.82) is 0 Å². The number of halogens is 1. The maximum atomic E-state index is 13.5. The highest BCUT2D eigenvalue weighted by atomic mass is 19.1. The van der Waals surface area contributed by atoms with Gasteiger partial charge in [0.15, 0.2) is 0 Å². The van der Waals surface area contributed by atoms with Gasteiger partial charge in [0.05, 0.1) is 11.0 Å². The highest BCUT2D eigenvalue weighted by Crippen LogP contribution is 2.27. The molecular formula is C16H24FN3. The van der Waals surface area contributed by atoms with Crippen LogP contribution in [0.5, 0.6) is 0 Å². The van der Waals surface area contributed by atoms with Gasteiger partial charge < -0.3 is 10.3 Å². The Kier molecular flexibility index (Phi) is 4.76. The zero-order valence-corrected chi connectivity index (χ0v) is 12.6. The maximum absolute atomic E-state index is 13.5. The quantitative estimate of drug-likeness (QED) is 0.875. The first-order chi connectivity index (χ1) is 9.56. The van der Waals surface area contributed by atoms with Crippen molar-refractivity contribution in [3.63, 3.8) is 0 Å². The third-order valence-corrected chi connectivity index (χ3v) is 3.59. The molecule has 0 radical (unpaired) electrons. The smallest absolute Gasteiger partial charge is 0.125 e. The van der Waals surface area contributed by atoms with Crippen LogP contribution in [-0.4, -0.2) is 16.1 Å². The molecule has 1 heterocycles. The molecule has 0 spiro atoms. The molecule has 4 heteroatoms. The molecule has 1 unspecified atom stereocenters. The average molecular weight is 277 g/mol. The number of imidazole rings is 1. The summed E-state index contributed by atoms with van der Waals surface area (Å²) in [7, 11) is 0. The number of aryl methyl sites for hydroxylation is 1. The lowest BCUT2D eigenvalue weighted by atomic mass is 9.96. The van der Waals surface area contributed by atoms with E-state index in [4.69, 9.17) is 10.7 Å². The van der Waals surface area contributed by atoms with Crippen molar-refractivity contribution in [2.24, 2.45) is 11.7 Å². The van der Waals surface area contributed by atoms with Gasteiger partial charge in [0, 0.05) is 19.0 Å². The SMILES string of the molecule is CCCn1c(C(CN)CC(C)C)nc2ccc(F)cc21. The molecule has 2 rings (SSSR count). The Morgan fingerprint density at radius 3 is 2.70 bits per heavy atom. The van der Waals surface area contributed by atoms with E-state index < -0.39 is 0 Å². The van der Waals surface area contributed by atoms with Crippen LogP contribution in [0.3, 0.4) is 0 Å². The molecule has 1 aromatic carbocycles. The van der Waals surface area contributed by atoms with Crippen molar-refractivity contribution in [3.05, 3.63) is 29.8 Å². The van der Waals surface area contributed by atoms with Gasteiger partial charge in [0.2, 0.25) is 0 Å². The molecule has 2 aromatic rings. The summed E-state index contributed by atoms with van der Waals surface area (Å²) in [6, 6.07) is 4.79. The van der Waals surface area contributed by atoms with Gasteiger partial charge in [0.25, 0.3) is 0 Å². The number of nitrogens with zero attached hydrogens (tertiary/aromatic N) is 2. The molecule has 3 nitrogen and oxygen atoms in total. The van der Waals surface area contributed by atoms with Crippen LogP contribution in [0.2, 0.25) is 0 Å². The first-order valence-corrected chi connectivity index (χ1v) is 7.42. The monoisotopic (exact) mass is 277 g/mol. The lowest BCUT2D eigenvalue weighted by Gasteiger charge is -2.18. The van der Waals surface area contributed by atoms with E-state index in [1.165, 1.54) is 6.07 Å². The molecule has 110 valence electrons. The minimum atomic E-state index is -0.213. The molecule has 0 aliphatic rings. The number of benzene rings is 1. The molecule has 20 heavy (non-hydrogen) atoms. The Labute approximate surface area is 120 Å². The Bertz CT molecular complexity index is 574. The molecule has 0 aliphatic heterocycles. The Morgan fingerprint density at radius 2 is 2.10 bits per heavy atom. The molecule has 0 fully saturated rings. The zero-order valence-electron chi connectivity index (χ0n) is 12.6. The second-order valence-electron chi connectivity index (χ2n) is 5.82. The number of nitrogens with two attached hydrogens (primary N) is 1. The highest BCUT2D eigenvalue weighted by molar-refractivity contribution is 5.76. The molecule has 0 saturated carbocycles. The number of aromatic nitrogens is 2. The lowest BCUT2D eigenvalue weighted by Crippen LogP contribution is -2.19. The molecule has 1 aromatic heterocycles. The van der Waals surface area contributed by atoms with Crippen LogP contribution < -0.4 is 5.73 Å². The lowest BCUT2D eigenvalue weighted by molar-refractivity contribution is 0.470. The van der Waals surface area contributed by atoms with E-state index >= 15 is 0 Å². The Morgan fingerprint density at radius 1 is 1.35 bits per heavy atom. The number of hydrogen-bond donors (Lipinski definition) is 1. The fraction of sp³-hybridized carbons (Fsp3) is 0.562. The first-order valence-electron chi connectivity index (χ1n) is 7.42. The molecule has 2 N–H and O–H groups in total. The Balaban J connectivity index is 2.52. The van der Waals surface area contributed by atoms with E-state index in [-0.39, 0.29) is 11.7 Å². The summed E-state index contributed by atoms with van der Waals surface area (Å²) in [5.41, 5.74) is 7.68. The molecule has 1 atom stereocenters. The highest BCUT2D eigenvalue weighted by Gasteiger charge is 2.20. The van der Waals surface area contributed by atoms with Crippen LogP contribution in [0.4, 0.5) is 4.39 Å². The van der Waals surface area contributed by atoms with Crippen LogP contribution in [0.25, 0.3) is 11.0 Å². The minimum Gasteiger partial charge on any atom is -0.330 e. The van der Waals surface area contributed by atoms with Crippen molar-refractivity contribution >= 4 is 11.0 Å². The Hall–Kier alpha value is -1.42. The predicted molar refractivity (Wildman–Crippen MR) is 81.2 cm³/mol. The first kappa shape index (κ1) is 15.0. The summed E-state index contributed by atoms with van der Waals surface area (Å²) in [6.07, 6.45) is 2.00. The van der Waals surface area contributed by atoms with Gasteiger partial charge >= 0.3 is 0 Å². The summed E-state index contributed by atoms with van der Waals surface area (Å²) in [6.45, 7) is 7.93. The zero-order chi connectivity index (χ0) is 14.7. The van der Waals surface area contributed by atoms with E-state index in [2.05, 4.69) is 25.3 Å². The van der Waals surface area contributed by atoms with Gasteiger partial charge in [-0.05, 0) is 37.0 Å². The molecular weight excluding hydrogens is 253 g/mol. The topological polar surface area (TPSA) is 43.8 Å². The van der Waals surface area contributed by atoms with E-state index in [0.29, 0.717) is 12.5 Å². The van der Waals surface area contributed by atoms with Gasteiger partial charge in [0.1, 0.15) is 11.6 Å². The standard InChI is InChI=1S/C16H24FN3/c1-4-7-20-15-9-13(17)5-6-14(15)19-16(20)12(10-18)8-11(2)3/h5-6,9,11-12H,4,7-8,10,18H2,1-3H3. The third kappa shape index (κ3) is 3.01. The van der Waals surface area contributed by atoms with Crippen molar-refractivity contribution in [3.8, 4) is 0 Å². The van der Waals surface area contributed by atoms with Crippen LogP contribution >= 0.6 is 0 Å². The van der Waals surface area contributed by atoms with Crippen LogP contribution in [0.15, 0.2) is 18.2 Å². The molecule has 0 amide bonds. The van der Waals surface area contributed by atoms with Crippen LogP contribution in [0.1, 0.15) is 45.4 Å². The van der Waals surface area contributed by atoms with Gasteiger partial charge in [-0.15, -0.1) is 0 Å². The molecule has 0 saturated heterocycles. The third-order valence-electron chi connectivity index (χ3n) is 3.59. The largest absolute Gasteiger partial charge is 0.330 e. The fourth-order valence-electron chi connectivity index (χ4n) is 2.76. The normalized spacial score (nSPS) is 13.3. The second-order valence-corrected chi connectivity index (χ2v) is 5.82. The number of fused-ring (bicyclic) bond motifs is 1. The van der Waals surface area contributed by atoms with Gasteiger partial charge in [-0.2, -0.15) is 0 Å². The second kappa shape index (κ2) is 6.35. The summed E-state index contributed by atoms with van der Waals surface area (Å²) >= 11 is 0. The van der Waals surface area contributed by atoms with Crippen molar-refractivity contribution < 1.29 is 4.39 Å². The van der Waals surface area contributed by atoms with Gasteiger partial charge in [-0.25, -0.2) is 9.37 Å². The van der Waals surface area contributed by atoms with Crippen molar-refractivity contribution in [2.45, 2.75) is 46.1 Å². The number of hydrogen-bond acceptors (Lipinski definition) is 2. The minimum absolute atomic E-state index is 0.213. The molecule has 0 bridgehead atoms. The average Bonchev–Trinajstić information content (AvgIpc) is 2.75. The van der Waals surface area contributed by atoms with E-state index in [9.17, 15) is 4.39 Å². The summed E-state index contributed by atoms with van der Waals surface area (Å²) < 4.78 is 15.6. The maximum Gasteiger partial charge on any atom is 0.125 e. The summed E-state index contributed by atoms with van der Waals surface area (Å²) in [5, 5.41) is 0. The van der Waals surface area contributed by atoms with Crippen molar-refractivity contribution in [2.75, 3.05) is 6.54 Å². The van der Waals surface area contributed by atoms with Crippen molar-refractivity contribution in [1.82, 2.24) is 9.55 Å². The van der Waals surface area contributed by atoms with E-state index in [0.717, 1.165) is 36.2 Å². The fourth-order valence-corrected chi connectivity index (χ4v) is 2.76. The van der Waals surface area contributed by atoms with E-state index in [1.54, 1.807) is 12.1 Å².